The van der Waals surface area contributed by atoms with Gasteiger partial charge in [0.15, 0.2) is 0 Å². The molecule has 2 aliphatic rings. The average molecular weight is 153 g/mol. The van der Waals surface area contributed by atoms with Crippen LogP contribution in [0.1, 0.15) is 51.4 Å². The molecule has 2 N–H and O–H groups in total. The van der Waals surface area contributed by atoms with Crippen molar-refractivity contribution in [1.82, 2.24) is 0 Å². The molecule has 1 nitrogen and oxygen atoms in total. The molecule has 0 amide bonds. The highest BCUT2D eigenvalue weighted by Gasteiger charge is 2.41. The van der Waals surface area contributed by atoms with Gasteiger partial charge in [-0.2, -0.15) is 0 Å². The second-order valence-electron chi connectivity index (χ2n) is 4.42. The third-order valence-corrected chi connectivity index (χ3v) is 3.42. The van der Waals surface area contributed by atoms with Crippen LogP contribution in [0.3, 0.4) is 0 Å². The van der Waals surface area contributed by atoms with E-state index in [4.69, 9.17) is 5.73 Å². The minimum absolute atomic E-state index is 0.274. The van der Waals surface area contributed by atoms with Gasteiger partial charge in [0.2, 0.25) is 0 Å². The van der Waals surface area contributed by atoms with E-state index in [2.05, 4.69) is 0 Å². The third-order valence-electron chi connectivity index (χ3n) is 3.42. The maximum Gasteiger partial charge on any atom is 0.0182 e. The van der Waals surface area contributed by atoms with Crippen molar-refractivity contribution in [3.8, 4) is 0 Å². The molecule has 0 aromatic rings. The molecule has 2 aliphatic carbocycles. The van der Waals surface area contributed by atoms with E-state index in [1.54, 1.807) is 0 Å². The van der Waals surface area contributed by atoms with Gasteiger partial charge in [-0.15, -0.1) is 0 Å². The lowest BCUT2D eigenvalue weighted by Gasteiger charge is -2.27. The van der Waals surface area contributed by atoms with Crippen LogP contribution in [0.4, 0.5) is 0 Å². The Bertz CT molecular complexity index is 130. The summed E-state index contributed by atoms with van der Waals surface area (Å²) in [5, 5.41) is 0. The SMILES string of the molecule is NC1(C2CC2)CCCCCC1. The average Bonchev–Trinajstić information content (AvgIpc) is 2.70. The molecular formula is C10H19N. The van der Waals surface area contributed by atoms with Crippen LogP contribution in [0.25, 0.3) is 0 Å². The van der Waals surface area contributed by atoms with Gasteiger partial charge in [-0.1, -0.05) is 25.7 Å². The Morgan fingerprint density at radius 1 is 0.909 bits per heavy atom. The largest absolute Gasteiger partial charge is 0.325 e. The molecule has 0 unspecified atom stereocenters. The van der Waals surface area contributed by atoms with Gasteiger partial charge in [0.1, 0.15) is 0 Å². The summed E-state index contributed by atoms with van der Waals surface area (Å²) >= 11 is 0. The minimum atomic E-state index is 0.274. The Labute approximate surface area is 69.4 Å². The first-order valence-electron chi connectivity index (χ1n) is 5.10. The summed E-state index contributed by atoms with van der Waals surface area (Å²) in [4.78, 5) is 0. The van der Waals surface area contributed by atoms with Gasteiger partial charge in [-0.05, 0) is 31.6 Å². The van der Waals surface area contributed by atoms with E-state index in [9.17, 15) is 0 Å². The van der Waals surface area contributed by atoms with E-state index < -0.39 is 0 Å². The first kappa shape index (κ1) is 7.60. The summed E-state index contributed by atoms with van der Waals surface area (Å²) in [7, 11) is 0. The van der Waals surface area contributed by atoms with Gasteiger partial charge >= 0.3 is 0 Å². The quantitative estimate of drug-likeness (QED) is 0.575. The Morgan fingerprint density at radius 2 is 1.45 bits per heavy atom. The fourth-order valence-corrected chi connectivity index (χ4v) is 2.45. The van der Waals surface area contributed by atoms with Crippen molar-refractivity contribution >= 4 is 0 Å². The van der Waals surface area contributed by atoms with E-state index in [1.807, 2.05) is 0 Å². The van der Waals surface area contributed by atoms with Crippen molar-refractivity contribution in [2.75, 3.05) is 0 Å². The summed E-state index contributed by atoms with van der Waals surface area (Å²) in [5.74, 6) is 0.903. The van der Waals surface area contributed by atoms with Crippen LogP contribution in [-0.4, -0.2) is 5.54 Å². The van der Waals surface area contributed by atoms with E-state index >= 15 is 0 Å². The summed E-state index contributed by atoms with van der Waals surface area (Å²) in [6, 6.07) is 0. The predicted octanol–water partition coefficient (Wildman–Crippen LogP) is 2.45. The molecule has 64 valence electrons. The standard InChI is InChI=1S/C10H19N/c11-10(9-5-6-9)7-3-1-2-4-8-10/h9H,1-8,11H2. The first-order chi connectivity index (χ1) is 5.31. The van der Waals surface area contributed by atoms with E-state index in [-0.39, 0.29) is 5.54 Å². The zero-order valence-electron chi connectivity index (χ0n) is 7.31. The molecule has 2 fully saturated rings. The molecule has 0 bridgehead atoms. The fraction of sp³-hybridized carbons (Fsp3) is 1.00. The van der Waals surface area contributed by atoms with Crippen molar-refractivity contribution in [3.05, 3.63) is 0 Å². The minimum Gasteiger partial charge on any atom is -0.325 e. The normalized spacial score (nSPS) is 31.4. The van der Waals surface area contributed by atoms with Crippen LogP contribution in [0.2, 0.25) is 0 Å². The molecule has 0 radical (unpaired) electrons. The molecule has 11 heavy (non-hydrogen) atoms. The van der Waals surface area contributed by atoms with Gasteiger partial charge in [0, 0.05) is 5.54 Å². The first-order valence-corrected chi connectivity index (χ1v) is 5.10. The van der Waals surface area contributed by atoms with Crippen molar-refractivity contribution in [2.45, 2.75) is 56.9 Å². The predicted molar refractivity (Wildman–Crippen MR) is 47.3 cm³/mol. The van der Waals surface area contributed by atoms with E-state index in [1.165, 1.54) is 51.4 Å². The van der Waals surface area contributed by atoms with Gasteiger partial charge < -0.3 is 5.73 Å². The van der Waals surface area contributed by atoms with Gasteiger partial charge in [-0.3, -0.25) is 0 Å². The molecule has 0 saturated heterocycles. The highest BCUT2D eigenvalue weighted by Crippen LogP contribution is 2.44. The molecule has 0 spiro atoms. The topological polar surface area (TPSA) is 26.0 Å². The maximum atomic E-state index is 6.36. The lowest BCUT2D eigenvalue weighted by molar-refractivity contribution is 0.325. The Kier molecular flexibility index (Phi) is 1.92. The second kappa shape index (κ2) is 2.78. The summed E-state index contributed by atoms with van der Waals surface area (Å²) < 4.78 is 0. The van der Waals surface area contributed by atoms with Gasteiger partial charge in [0.25, 0.3) is 0 Å². The van der Waals surface area contributed by atoms with Crippen LogP contribution in [0.15, 0.2) is 0 Å². The molecule has 0 aromatic carbocycles. The van der Waals surface area contributed by atoms with Gasteiger partial charge in [0.05, 0.1) is 0 Å². The summed E-state index contributed by atoms with van der Waals surface area (Å²) in [6.45, 7) is 0. The molecule has 0 aromatic heterocycles. The number of hydrogen-bond acceptors (Lipinski definition) is 1. The lowest BCUT2D eigenvalue weighted by Crippen LogP contribution is -2.41. The van der Waals surface area contributed by atoms with Crippen molar-refractivity contribution in [2.24, 2.45) is 11.7 Å². The summed E-state index contributed by atoms with van der Waals surface area (Å²) in [5.41, 5.74) is 6.64. The zero-order valence-corrected chi connectivity index (χ0v) is 7.31. The Morgan fingerprint density at radius 3 is 1.91 bits per heavy atom. The molecule has 0 aliphatic heterocycles. The maximum absolute atomic E-state index is 6.36. The van der Waals surface area contributed by atoms with Crippen LogP contribution < -0.4 is 5.73 Å². The smallest absolute Gasteiger partial charge is 0.0182 e. The molecular weight excluding hydrogens is 134 g/mol. The highest BCUT2D eigenvalue weighted by atomic mass is 14.8. The van der Waals surface area contributed by atoms with Crippen molar-refractivity contribution < 1.29 is 0 Å². The monoisotopic (exact) mass is 153 g/mol. The fourth-order valence-electron chi connectivity index (χ4n) is 2.45. The van der Waals surface area contributed by atoms with Crippen LogP contribution >= 0.6 is 0 Å². The second-order valence-corrected chi connectivity index (χ2v) is 4.42. The van der Waals surface area contributed by atoms with E-state index in [0.29, 0.717) is 0 Å². The number of rotatable bonds is 1. The van der Waals surface area contributed by atoms with E-state index in [0.717, 1.165) is 5.92 Å². The summed E-state index contributed by atoms with van der Waals surface area (Å²) in [6.07, 6.45) is 11.0. The number of nitrogens with two attached hydrogens (primary N) is 1. The Hall–Kier alpha value is -0.0400. The van der Waals surface area contributed by atoms with Crippen molar-refractivity contribution in [3.63, 3.8) is 0 Å². The number of hydrogen-bond donors (Lipinski definition) is 1. The zero-order chi connectivity index (χ0) is 7.73. The van der Waals surface area contributed by atoms with Crippen molar-refractivity contribution in [1.29, 1.82) is 0 Å². The molecule has 1 heteroatoms. The molecule has 2 rings (SSSR count). The Balaban J connectivity index is 1.96. The lowest BCUT2D eigenvalue weighted by atomic mass is 9.86. The molecule has 0 atom stereocenters. The molecule has 0 heterocycles. The van der Waals surface area contributed by atoms with Gasteiger partial charge in [-0.25, -0.2) is 0 Å². The highest BCUT2D eigenvalue weighted by molar-refractivity contribution is 4.98. The van der Waals surface area contributed by atoms with Crippen LogP contribution in [-0.2, 0) is 0 Å². The molecule has 2 saturated carbocycles. The van der Waals surface area contributed by atoms with Crippen LogP contribution in [0, 0.1) is 5.92 Å². The third kappa shape index (κ3) is 1.58. The van der Waals surface area contributed by atoms with Crippen LogP contribution in [0.5, 0.6) is 0 Å².